The molecule has 1 aromatic rings. The molecule has 25 heavy (non-hydrogen) atoms. The lowest BCUT2D eigenvalue weighted by Crippen LogP contribution is -2.40. The monoisotopic (exact) mass is 348 g/mol. The summed E-state index contributed by atoms with van der Waals surface area (Å²) in [5, 5.41) is 2.92. The summed E-state index contributed by atoms with van der Waals surface area (Å²) in [6.07, 6.45) is 0. The molecular formula is C19H32N4O2. The van der Waals surface area contributed by atoms with E-state index in [9.17, 15) is 9.59 Å². The average molecular weight is 348 g/mol. The number of nitrogens with one attached hydrogen (secondary N) is 1. The lowest BCUT2D eigenvalue weighted by Gasteiger charge is -2.24. The zero-order valence-corrected chi connectivity index (χ0v) is 16.4. The Hall–Kier alpha value is -2.08. The van der Waals surface area contributed by atoms with Crippen LogP contribution >= 0.6 is 0 Å². The molecule has 1 rings (SSSR count). The third-order valence-electron chi connectivity index (χ3n) is 4.21. The summed E-state index contributed by atoms with van der Waals surface area (Å²) in [5.74, 6) is -0.266. The molecular weight excluding hydrogens is 316 g/mol. The second-order valence-electron chi connectivity index (χ2n) is 6.46. The topological polar surface area (TPSA) is 55.9 Å². The molecule has 0 bridgehead atoms. The van der Waals surface area contributed by atoms with E-state index in [0.717, 1.165) is 36.6 Å². The van der Waals surface area contributed by atoms with Crippen LogP contribution in [0, 0.1) is 6.92 Å². The van der Waals surface area contributed by atoms with E-state index in [1.54, 1.807) is 4.90 Å². The van der Waals surface area contributed by atoms with E-state index in [1.807, 2.05) is 38.1 Å². The minimum absolute atomic E-state index is 0.0699. The van der Waals surface area contributed by atoms with E-state index < -0.39 is 0 Å². The van der Waals surface area contributed by atoms with Crippen LogP contribution in [0.2, 0.25) is 0 Å². The first-order chi connectivity index (χ1) is 11.8. The van der Waals surface area contributed by atoms with Gasteiger partial charge in [-0.1, -0.05) is 0 Å². The van der Waals surface area contributed by atoms with Crippen molar-refractivity contribution in [3.63, 3.8) is 0 Å². The number of hydrogen-bond acceptors (Lipinski definition) is 4. The fraction of sp³-hybridized carbons (Fsp3) is 0.579. The third-order valence-corrected chi connectivity index (χ3v) is 4.21. The lowest BCUT2D eigenvalue weighted by atomic mass is 10.1. The quantitative estimate of drug-likeness (QED) is 0.743. The molecule has 140 valence electrons. The van der Waals surface area contributed by atoms with Gasteiger partial charge in [-0.2, -0.15) is 0 Å². The zero-order valence-electron chi connectivity index (χ0n) is 16.4. The normalized spacial score (nSPS) is 10.7. The number of rotatable bonds is 9. The van der Waals surface area contributed by atoms with Gasteiger partial charge in [0.2, 0.25) is 11.8 Å². The summed E-state index contributed by atoms with van der Waals surface area (Å²) in [6.45, 7) is 10.9. The van der Waals surface area contributed by atoms with Crippen molar-refractivity contribution in [2.75, 3.05) is 57.0 Å². The lowest BCUT2D eigenvalue weighted by molar-refractivity contribution is -0.132. The largest absolute Gasteiger partial charge is 0.372 e. The smallest absolute Gasteiger partial charge is 0.244 e. The van der Waals surface area contributed by atoms with Crippen LogP contribution in [0.3, 0.4) is 0 Å². The van der Waals surface area contributed by atoms with Crippen molar-refractivity contribution in [1.82, 2.24) is 9.80 Å². The summed E-state index contributed by atoms with van der Waals surface area (Å²) < 4.78 is 0. The highest BCUT2D eigenvalue weighted by Crippen LogP contribution is 2.22. The Kier molecular flexibility index (Phi) is 8.41. The van der Waals surface area contributed by atoms with Crippen LogP contribution in [0.25, 0.3) is 0 Å². The molecule has 6 nitrogen and oxygen atoms in total. The number of nitrogens with zero attached hydrogens (tertiary/aromatic N) is 3. The highest BCUT2D eigenvalue weighted by molar-refractivity contribution is 5.95. The summed E-state index contributed by atoms with van der Waals surface area (Å²) in [7, 11) is 3.89. The molecule has 0 spiro atoms. The molecule has 0 aliphatic carbocycles. The Morgan fingerprint density at radius 2 is 1.72 bits per heavy atom. The van der Waals surface area contributed by atoms with Gasteiger partial charge in [-0.3, -0.25) is 9.59 Å². The molecule has 0 unspecified atom stereocenters. The maximum atomic E-state index is 12.3. The molecule has 0 heterocycles. The average Bonchev–Trinajstić information content (AvgIpc) is 2.54. The van der Waals surface area contributed by atoms with Gasteiger partial charge in [0.25, 0.3) is 0 Å². The van der Waals surface area contributed by atoms with Crippen LogP contribution in [0.15, 0.2) is 18.2 Å². The molecule has 2 amide bonds. The van der Waals surface area contributed by atoms with Crippen molar-refractivity contribution in [2.45, 2.75) is 27.7 Å². The molecule has 0 fully saturated rings. The fourth-order valence-corrected chi connectivity index (χ4v) is 2.61. The fourth-order valence-electron chi connectivity index (χ4n) is 2.61. The van der Waals surface area contributed by atoms with Crippen molar-refractivity contribution >= 4 is 23.2 Å². The second-order valence-corrected chi connectivity index (χ2v) is 6.46. The Balaban J connectivity index is 2.74. The van der Waals surface area contributed by atoms with Crippen molar-refractivity contribution in [1.29, 1.82) is 0 Å². The number of hydrogen-bond donors (Lipinski definition) is 1. The first kappa shape index (κ1) is 21.0. The molecule has 1 aromatic carbocycles. The Bertz CT molecular complexity index is 583. The third kappa shape index (κ3) is 6.74. The van der Waals surface area contributed by atoms with E-state index in [-0.39, 0.29) is 18.4 Å². The number of carbonyl (C=O) groups is 2. The van der Waals surface area contributed by atoms with Gasteiger partial charge < -0.3 is 20.0 Å². The number of amides is 2. The highest BCUT2D eigenvalue weighted by atomic mass is 16.2. The van der Waals surface area contributed by atoms with Gasteiger partial charge in [-0.25, -0.2) is 0 Å². The van der Waals surface area contributed by atoms with Crippen LogP contribution in [0.1, 0.15) is 26.3 Å². The molecule has 0 saturated carbocycles. The van der Waals surface area contributed by atoms with Gasteiger partial charge in [0.05, 0.1) is 6.54 Å². The van der Waals surface area contributed by atoms with Crippen LogP contribution in [-0.4, -0.2) is 68.4 Å². The van der Waals surface area contributed by atoms with E-state index in [1.165, 1.54) is 6.92 Å². The van der Waals surface area contributed by atoms with E-state index in [0.29, 0.717) is 6.54 Å². The Morgan fingerprint density at radius 3 is 2.20 bits per heavy atom. The van der Waals surface area contributed by atoms with Crippen LogP contribution < -0.4 is 10.2 Å². The Labute approximate surface area is 151 Å². The first-order valence-corrected chi connectivity index (χ1v) is 8.84. The molecule has 0 aliphatic heterocycles. The van der Waals surface area contributed by atoms with Crippen LogP contribution in [0.5, 0.6) is 0 Å². The van der Waals surface area contributed by atoms with E-state index in [2.05, 4.69) is 30.1 Å². The minimum atomic E-state index is -0.173. The summed E-state index contributed by atoms with van der Waals surface area (Å²) in [4.78, 5) is 29.9. The predicted octanol–water partition coefficient (Wildman–Crippen LogP) is 2.19. The number of benzene rings is 1. The van der Waals surface area contributed by atoms with Gasteiger partial charge in [-0.05, 0) is 58.6 Å². The van der Waals surface area contributed by atoms with Gasteiger partial charge in [0, 0.05) is 44.5 Å². The summed E-state index contributed by atoms with van der Waals surface area (Å²) >= 11 is 0. The highest BCUT2D eigenvalue weighted by Gasteiger charge is 2.15. The maximum Gasteiger partial charge on any atom is 0.244 e. The SMILES string of the molecule is CCN(CC)c1ccc(NC(=O)CN(CCN(C)C)C(C)=O)c(C)c1. The van der Waals surface area contributed by atoms with Crippen molar-refractivity contribution in [3.05, 3.63) is 23.8 Å². The molecule has 0 saturated heterocycles. The molecule has 0 atom stereocenters. The molecule has 1 N–H and O–H groups in total. The van der Waals surface area contributed by atoms with Crippen LogP contribution in [0.4, 0.5) is 11.4 Å². The van der Waals surface area contributed by atoms with E-state index in [4.69, 9.17) is 0 Å². The molecule has 0 radical (unpaired) electrons. The van der Waals surface area contributed by atoms with Crippen LogP contribution in [-0.2, 0) is 9.59 Å². The van der Waals surface area contributed by atoms with Crippen molar-refractivity contribution in [3.8, 4) is 0 Å². The predicted molar refractivity (Wildman–Crippen MR) is 104 cm³/mol. The minimum Gasteiger partial charge on any atom is -0.372 e. The number of carbonyl (C=O) groups excluding carboxylic acids is 2. The molecule has 0 aromatic heterocycles. The van der Waals surface area contributed by atoms with Gasteiger partial charge in [0.1, 0.15) is 0 Å². The van der Waals surface area contributed by atoms with Gasteiger partial charge in [-0.15, -0.1) is 0 Å². The summed E-state index contributed by atoms with van der Waals surface area (Å²) in [6, 6.07) is 6.03. The number of anilines is 2. The molecule has 0 aliphatic rings. The molecule has 6 heteroatoms. The van der Waals surface area contributed by atoms with Gasteiger partial charge in [0.15, 0.2) is 0 Å². The standard InChI is InChI=1S/C19H32N4O2/c1-7-22(8-2)17-9-10-18(15(3)13-17)20-19(25)14-23(16(4)24)12-11-21(5)6/h9-10,13H,7-8,11-12,14H2,1-6H3,(H,20,25). The second kappa shape index (κ2) is 10.0. The first-order valence-electron chi connectivity index (χ1n) is 8.84. The Morgan fingerprint density at radius 1 is 1.08 bits per heavy atom. The maximum absolute atomic E-state index is 12.3. The van der Waals surface area contributed by atoms with Gasteiger partial charge >= 0.3 is 0 Å². The van der Waals surface area contributed by atoms with E-state index >= 15 is 0 Å². The van der Waals surface area contributed by atoms with Crippen molar-refractivity contribution in [2.24, 2.45) is 0 Å². The summed E-state index contributed by atoms with van der Waals surface area (Å²) in [5.41, 5.74) is 2.95. The van der Waals surface area contributed by atoms with Crippen molar-refractivity contribution < 1.29 is 9.59 Å². The number of likely N-dealkylation sites (N-methyl/N-ethyl adjacent to an activating group) is 1. The number of aryl methyl sites for hydroxylation is 1. The zero-order chi connectivity index (χ0) is 19.0.